The number of nitrogens with zero attached hydrogens (tertiary/aromatic N) is 2. The summed E-state index contributed by atoms with van der Waals surface area (Å²) in [6, 6.07) is 10.9. The van der Waals surface area contributed by atoms with Gasteiger partial charge in [-0.15, -0.1) is 11.3 Å². The third-order valence-electron chi connectivity index (χ3n) is 5.80. The quantitative estimate of drug-likeness (QED) is 0.889. The van der Waals surface area contributed by atoms with Gasteiger partial charge in [0.05, 0.1) is 0 Å². The first-order valence-electron chi connectivity index (χ1n) is 9.21. The maximum atomic E-state index is 12.5. The van der Waals surface area contributed by atoms with E-state index in [0.717, 1.165) is 50.2 Å². The number of carbonyl (C=O) groups excluding carboxylic acids is 1. The van der Waals surface area contributed by atoms with Crippen LogP contribution in [0, 0.1) is 0 Å². The maximum absolute atomic E-state index is 12.5. The fourth-order valence-corrected chi connectivity index (χ4v) is 4.91. The normalized spacial score (nSPS) is 26.5. The highest BCUT2D eigenvalue weighted by atomic mass is 32.1. The van der Waals surface area contributed by atoms with Crippen LogP contribution in [0.1, 0.15) is 49.1 Å². The number of amides is 1. The zero-order valence-electron chi connectivity index (χ0n) is 14.5. The van der Waals surface area contributed by atoms with Crippen molar-refractivity contribution < 1.29 is 4.79 Å². The Kier molecular flexibility index (Phi) is 4.86. The third-order valence-corrected chi connectivity index (χ3v) is 6.58. The number of likely N-dealkylation sites (tertiary alicyclic amines) is 1. The van der Waals surface area contributed by atoms with E-state index >= 15 is 0 Å². The Morgan fingerprint density at radius 3 is 2.72 bits per heavy atom. The zero-order valence-corrected chi connectivity index (χ0v) is 15.3. The van der Waals surface area contributed by atoms with Crippen molar-refractivity contribution in [2.24, 2.45) is 0 Å². The summed E-state index contributed by atoms with van der Waals surface area (Å²) in [5.41, 5.74) is 1.33. The molecule has 25 heavy (non-hydrogen) atoms. The number of hydrogen-bond donors (Lipinski definition) is 1. The molecule has 1 aliphatic carbocycles. The van der Waals surface area contributed by atoms with Crippen LogP contribution in [0.4, 0.5) is 0 Å². The van der Waals surface area contributed by atoms with E-state index in [1.54, 1.807) is 11.3 Å². The highest BCUT2D eigenvalue weighted by Gasteiger charge is 2.46. The Labute approximate surface area is 153 Å². The average molecular weight is 356 g/mol. The molecule has 0 unspecified atom stereocenters. The second kappa shape index (κ2) is 7.26. The van der Waals surface area contributed by atoms with E-state index in [4.69, 9.17) is 0 Å². The van der Waals surface area contributed by atoms with Gasteiger partial charge >= 0.3 is 0 Å². The van der Waals surface area contributed by atoms with Crippen LogP contribution in [0.3, 0.4) is 0 Å². The van der Waals surface area contributed by atoms with E-state index in [-0.39, 0.29) is 5.54 Å². The lowest BCUT2D eigenvalue weighted by molar-refractivity contribution is -0.133. The third kappa shape index (κ3) is 3.62. The number of thiazole rings is 1. The summed E-state index contributed by atoms with van der Waals surface area (Å²) >= 11 is 1.71. The number of benzene rings is 1. The fraction of sp³-hybridized carbons (Fsp3) is 0.500. The van der Waals surface area contributed by atoms with Gasteiger partial charge in [0.1, 0.15) is 5.01 Å². The summed E-state index contributed by atoms with van der Waals surface area (Å²) in [6.45, 7) is 1.62. The molecule has 1 aliphatic heterocycles. The molecular formula is C20H25N3OS. The van der Waals surface area contributed by atoms with Crippen molar-refractivity contribution in [2.45, 2.75) is 63.2 Å². The fourth-order valence-electron chi connectivity index (χ4n) is 4.35. The molecule has 1 spiro atoms. The molecule has 0 atom stereocenters. The number of rotatable bonds is 5. The lowest BCUT2D eigenvalue weighted by Crippen LogP contribution is -2.50. The average Bonchev–Trinajstić information content (AvgIpc) is 3.27. The number of carbonyl (C=O) groups is 1. The SMILES string of the molecule is O=C1CCC2(CCC(NCc3nccs3)CC2)N1Cc1ccccc1. The van der Waals surface area contributed by atoms with Gasteiger partial charge in [-0.25, -0.2) is 4.98 Å². The van der Waals surface area contributed by atoms with E-state index in [9.17, 15) is 4.79 Å². The maximum Gasteiger partial charge on any atom is 0.223 e. The topological polar surface area (TPSA) is 45.2 Å². The Bertz CT molecular complexity index is 693. The van der Waals surface area contributed by atoms with Crippen LogP contribution in [-0.2, 0) is 17.9 Å². The van der Waals surface area contributed by atoms with Gasteiger partial charge in [-0.3, -0.25) is 4.79 Å². The largest absolute Gasteiger partial charge is 0.333 e. The summed E-state index contributed by atoms with van der Waals surface area (Å²) in [6.07, 6.45) is 8.11. The molecule has 1 aromatic heterocycles. The van der Waals surface area contributed by atoms with E-state index in [1.165, 1.54) is 5.56 Å². The Balaban J connectivity index is 1.37. The minimum Gasteiger partial charge on any atom is -0.333 e. The second-order valence-electron chi connectivity index (χ2n) is 7.27. The van der Waals surface area contributed by atoms with Crippen LogP contribution in [-0.4, -0.2) is 27.4 Å². The summed E-state index contributed by atoms with van der Waals surface area (Å²) in [7, 11) is 0. The number of nitrogens with one attached hydrogen (secondary N) is 1. The van der Waals surface area contributed by atoms with Gasteiger partial charge in [-0.2, -0.15) is 0 Å². The molecule has 4 rings (SSSR count). The van der Waals surface area contributed by atoms with E-state index in [1.807, 2.05) is 17.6 Å². The van der Waals surface area contributed by atoms with E-state index < -0.39 is 0 Å². The highest BCUT2D eigenvalue weighted by Crippen LogP contribution is 2.43. The molecule has 2 fully saturated rings. The van der Waals surface area contributed by atoms with Crippen LogP contribution in [0.2, 0.25) is 0 Å². The molecular weight excluding hydrogens is 330 g/mol. The molecule has 132 valence electrons. The molecule has 5 heteroatoms. The molecule has 2 aromatic rings. The lowest BCUT2D eigenvalue weighted by atomic mass is 9.77. The molecule has 2 heterocycles. The van der Waals surface area contributed by atoms with Gasteiger partial charge in [0.2, 0.25) is 5.91 Å². The van der Waals surface area contributed by atoms with Crippen LogP contribution in [0.5, 0.6) is 0 Å². The van der Waals surface area contributed by atoms with Gasteiger partial charge in [0.25, 0.3) is 0 Å². The molecule has 2 aliphatic rings. The molecule has 1 saturated heterocycles. The molecule has 1 saturated carbocycles. The minimum atomic E-state index is 0.0896. The first-order valence-corrected chi connectivity index (χ1v) is 10.1. The summed E-state index contributed by atoms with van der Waals surface area (Å²) < 4.78 is 0. The highest BCUT2D eigenvalue weighted by molar-refractivity contribution is 7.09. The first kappa shape index (κ1) is 16.7. The lowest BCUT2D eigenvalue weighted by Gasteiger charge is -2.44. The first-order chi connectivity index (χ1) is 12.3. The Hall–Kier alpha value is -1.72. The Morgan fingerprint density at radius 1 is 1.20 bits per heavy atom. The van der Waals surface area contributed by atoms with Crippen LogP contribution in [0.25, 0.3) is 0 Å². The summed E-state index contributed by atoms with van der Waals surface area (Å²) in [5.74, 6) is 0.332. The van der Waals surface area contributed by atoms with Crippen molar-refractivity contribution in [3.63, 3.8) is 0 Å². The summed E-state index contributed by atoms with van der Waals surface area (Å²) in [5, 5.41) is 6.83. The van der Waals surface area contributed by atoms with Crippen molar-refractivity contribution in [2.75, 3.05) is 0 Å². The molecule has 4 nitrogen and oxygen atoms in total. The smallest absolute Gasteiger partial charge is 0.223 e. The van der Waals surface area contributed by atoms with Gasteiger partial charge in [-0.05, 0) is 37.7 Å². The van der Waals surface area contributed by atoms with Crippen molar-refractivity contribution in [3.8, 4) is 0 Å². The van der Waals surface area contributed by atoms with Crippen LogP contribution < -0.4 is 5.32 Å². The van der Waals surface area contributed by atoms with Gasteiger partial charge in [0, 0.05) is 42.7 Å². The zero-order chi connectivity index (χ0) is 17.1. The predicted molar refractivity (Wildman–Crippen MR) is 100 cm³/mol. The van der Waals surface area contributed by atoms with Crippen LogP contribution in [0.15, 0.2) is 41.9 Å². The molecule has 1 aromatic carbocycles. The van der Waals surface area contributed by atoms with Crippen molar-refractivity contribution in [3.05, 3.63) is 52.5 Å². The molecule has 0 bridgehead atoms. The van der Waals surface area contributed by atoms with Gasteiger partial charge < -0.3 is 10.2 Å². The van der Waals surface area contributed by atoms with Crippen molar-refractivity contribution in [1.29, 1.82) is 0 Å². The van der Waals surface area contributed by atoms with E-state index in [2.05, 4.69) is 39.5 Å². The second-order valence-corrected chi connectivity index (χ2v) is 8.25. The van der Waals surface area contributed by atoms with Crippen molar-refractivity contribution in [1.82, 2.24) is 15.2 Å². The van der Waals surface area contributed by atoms with E-state index in [0.29, 0.717) is 18.4 Å². The summed E-state index contributed by atoms with van der Waals surface area (Å²) in [4.78, 5) is 19.0. The predicted octanol–water partition coefficient (Wildman–Crippen LogP) is 3.74. The number of hydrogen-bond acceptors (Lipinski definition) is 4. The molecule has 1 N–H and O–H groups in total. The van der Waals surface area contributed by atoms with Gasteiger partial charge in [0.15, 0.2) is 0 Å². The molecule has 1 amide bonds. The van der Waals surface area contributed by atoms with Crippen LogP contribution >= 0.6 is 11.3 Å². The van der Waals surface area contributed by atoms with Gasteiger partial charge in [-0.1, -0.05) is 30.3 Å². The molecule has 0 radical (unpaired) electrons. The van der Waals surface area contributed by atoms with Crippen molar-refractivity contribution >= 4 is 17.2 Å². The Morgan fingerprint density at radius 2 is 2.00 bits per heavy atom. The monoisotopic (exact) mass is 355 g/mol. The number of aromatic nitrogens is 1. The standard InChI is InChI=1S/C20H25N3OS/c24-19-8-11-20(23(19)15-16-4-2-1-3-5-16)9-6-17(7-10-20)22-14-18-21-12-13-25-18/h1-5,12-13,17,22H,6-11,14-15H2. The minimum absolute atomic E-state index is 0.0896.